The molecule has 0 bridgehead atoms. The molecule has 0 aliphatic carbocycles. The van der Waals surface area contributed by atoms with Crippen molar-refractivity contribution < 1.29 is 0 Å². The highest BCUT2D eigenvalue weighted by molar-refractivity contribution is 4.62. The highest BCUT2D eigenvalue weighted by atomic mass is 14.5. The lowest BCUT2D eigenvalue weighted by Crippen LogP contribution is -2.09. The summed E-state index contributed by atoms with van der Waals surface area (Å²) in [5.74, 6) is 0.906. The average Bonchev–Trinajstić information content (AvgIpc) is 2.98. The molecule has 0 heterocycles. The molecule has 0 saturated carbocycles. The van der Waals surface area contributed by atoms with E-state index in [0.717, 1.165) is 12.5 Å². The average molecular weight is 578 g/mol. The van der Waals surface area contributed by atoms with Crippen LogP contribution < -0.4 is 5.73 Å². The Morgan fingerprint density at radius 1 is 0.268 bits per heavy atom. The maximum Gasteiger partial charge on any atom is -0.00746 e. The minimum atomic E-state index is 0.891. The second-order valence-electron chi connectivity index (χ2n) is 14.0. The van der Waals surface area contributed by atoms with E-state index < -0.39 is 0 Å². The second kappa shape index (κ2) is 38.0. The van der Waals surface area contributed by atoms with Crippen LogP contribution in [0.25, 0.3) is 0 Å². The van der Waals surface area contributed by atoms with E-state index in [-0.39, 0.29) is 0 Å². The van der Waals surface area contributed by atoms with Gasteiger partial charge in [0.25, 0.3) is 0 Å². The van der Waals surface area contributed by atoms with E-state index in [1.165, 1.54) is 231 Å². The summed E-state index contributed by atoms with van der Waals surface area (Å²) in [7, 11) is 0. The first kappa shape index (κ1) is 41.0. The Morgan fingerprint density at radius 2 is 0.463 bits per heavy atom. The van der Waals surface area contributed by atoms with Crippen molar-refractivity contribution in [1.82, 2.24) is 0 Å². The summed E-state index contributed by atoms with van der Waals surface area (Å²) < 4.78 is 0. The lowest BCUT2D eigenvalue weighted by atomic mass is 9.91. The van der Waals surface area contributed by atoms with Gasteiger partial charge < -0.3 is 5.73 Å². The molecule has 0 rings (SSSR count). The fourth-order valence-electron chi connectivity index (χ4n) is 6.81. The normalized spacial score (nSPS) is 12.4. The van der Waals surface area contributed by atoms with Crippen LogP contribution in [0.15, 0.2) is 0 Å². The van der Waals surface area contributed by atoms with Gasteiger partial charge in [0, 0.05) is 0 Å². The van der Waals surface area contributed by atoms with E-state index in [1.54, 1.807) is 0 Å². The summed E-state index contributed by atoms with van der Waals surface area (Å²) in [4.78, 5) is 0. The minimum Gasteiger partial charge on any atom is -0.330 e. The molecule has 1 nitrogen and oxygen atoms in total. The van der Waals surface area contributed by atoms with E-state index in [1.807, 2.05) is 0 Å². The Labute approximate surface area is 262 Å². The number of unbranched alkanes of at least 4 members (excludes halogenated alkanes) is 31. The first-order chi connectivity index (χ1) is 20.3. The molecule has 1 heteroatoms. The Kier molecular flexibility index (Phi) is 37.9. The summed E-state index contributed by atoms with van der Waals surface area (Å²) in [5.41, 5.74) is 5.96. The van der Waals surface area contributed by atoms with Crippen molar-refractivity contribution in [2.45, 2.75) is 245 Å². The van der Waals surface area contributed by atoms with Gasteiger partial charge in [0.2, 0.25) is 0 Å². The molecule has 0 aromatic heterocycles. The van der Waals surface area contributed by atoms with E-state index >= 15 is 0 Å². The lowest BCUT2D eigenvalue weighted by Gasteiger charge is -2.16. The van der Waals surface area contributed by atoms with E-state index in [4.69, 9.17) is 5.73 Å². The summed E-state index contributed by atoms with van der Waals surface area (Å²) in [6.07, 6.45) is 52.5. The van der Waals surface area contributed by atoms with Crippen LogP contribution in [0.2, 0.25) is 0 Å². The SMILES string of the molecule is CCCCCCCCCCCCCCCCCCCC(CCN)CCCCCCCCCCCCCCCCCC. The Hall–Kier alpha value is -0.0400. The van der Waals surface area contributed by atoms with Gasteiger partial charge in [0.15, 0.2) is 0 Å². The number of hydrogen-bond donors (Lipinski definition) is 1. The maximum atomic E-state index is 5.96. The van der Waals surface area contributed by atoms with Crippen LogP contribution in [0.4, 0.5) is 0 Å². The highest BCUT2D eigenvalue weighted by Gasteiger charge is 2.07. The molecule has 248 valence electrons. The van der Waals surface area contributed by atoms with Crippen LogP contribution >= 0.6 is 0 Å². The molecule has 0 aliphatic heterocycles. The lowest BCUT2D eigenvalue weighted by molar-refractivity contribution is 0.384. The van der Waals surface area contributed by atoms with Crippen molar-refractivity contribution >= 4 is 0 Å². The largest absolute Gasteiger partial charge is 0.330 e. The standard InChI is InChI=1S/C40H83N/c1-3-5-7-9-11-13-15-17-19-21-23-25-27-29-31-33-35-37-40(38-39-41)36-34-32-30-28-26-24-22-20-18-16-14-12-10-8-6-4-2/h40H,3-39,41H2,1-2H3. The van der Waals surface area contributed by atoms with E-state index in [0.29, 0.717) is 0 Å². The molecule has 0 saturated heterocycles. The van der Waals surface area contributed by atoms with E-state index in [2.05, 4.69) is 13.8 Å². The predicted molar refractivity (Wildman–Crippen MR) is 190 cm³/mol. The zero-order valence-electron chi connectivity index (χ0n) is 29.3. The third-order valence-corrected chi connectivity index (χ3v) is 9.76. The molecule has 0 amide bonds. The van der Waals surface area contributed by atoms with Crippen molar-refractivity contribution in [3.8, 4) is 0 Å². The van der Waals surface area contributed by atoms with Gasteiger partial charge in [-0.1, -0.05) is 239 Å². The molecule has 41 heavy (non-hydrogen) atoms. The van der Waals surface area contributed by atoms with Crippen LogP contribution in [-0.2, 0) is 0 Å². The van der Waals surface area contributed by atoms with Gasteiger partial charge in [-0.15, -0.1) is 0 Å². The number of nitrogens with two attached hydrogens (primary N) is 1. The predicted octanol–water partition coefficient (Wildman–Crippen LogP) is 14.6. The number of hydrogen-bond acceptors (Lipinski definition) is 1. The fourth-order valence-corrected chi connectivity index (χ4v) is 6.81. The highest BCUT2D eigenvalue weighted by Crippen LogP contribution is 2.22. The molecule has 0 fully saturated rings. The fraction of sp³-hybridized carbons (Fsp3) is 1.00. The Balaban J connectivity index is 3.35. The Bertz CT molecular complexity index is 433. The van der Waals surface area contributed by atoms with Crippen molar-refractivity contribution in [3.05, 3.63) is 0 Å². The molecule has 1 unspecified atom stereocenters. The van der Waals surface area contributed by atoms with E-state index in [9.17, 15) is 0 Å². The molecule has 0 spiro atoms. The van der Waals surface area contributed by atoms with Gasteiger partial charge in [0.05, 0.1) is 0 Å². The topological polar surface area (TPSA) is 26.0 Å². The molecular weight excluding hydrogens is 494 g/mol. The first-order valence-corrected chi connectivity index (χ1v) is 20.0. The van der Waals surface area contributed by atoms with Gasteiger partial charge in [-0.2, -0.15) is 0 Å². The van der Waals surface area contributed by atoms with Gasteiger partial charge in [-0.05, 0) is 18.9 Å². The summed E-state index contributed by atoms with van der Waals surface area (Å²) >= 11 is 0. The third kappa shape index (κ3) is 36.1. The molecular formula is C40H83N. The second-order valence-corrected chi connectivity index (χ2v) is 14.0. The summed E-state index contributed by atoms with van der Waals surface area (Å²) in [6, 6.07) is 0. The maximum absolute atomic E-state index is 5.96. The van der Waals surface area contributed by atoms with Gasteiger partial charge in [-0.3, -0.25) is 0 Å². The molecule has 1 atom stereocenters. The molecule has 0 aromatic carbocycles. The van der Waals surface area contributed by atoms with Gasteiger partial charge >= 0.3 is 0 Å². The van der Waals surface area contributed by atoms with Crippen LogP contribution in [-0.4, -0.2) is 6.54 Å². The molecule has 2 N–H and O–H groups in total. The quantitative estimate of drug-likeness (QED) is 0.0730. The smallest absolute Gasteiger partial charge is 0.00746 e. The molecule has 0 radical (unpaired) electrons. The first-order valence-electron chi connectivity index (χ1n) is 20.0. The third-order valence-electron chi connectivity index (χ3n) is 9.76. The monoisotopic (exact) mass is 578 g/mol. The van der Waals surface area contributed by atoms with Gasteiger partial charge in [0.1, 0.15) is 0 Å². The van der Waals surface area contributed by atoms with Crippen molar-refractivity contribution in [2.75, 3.05) is 6.54 Å². The van der Waals surface area contributed by atoms with Crippen LogP contribution in [0.1, 0.15) is 245 Å². The zero-order valence-corrected chi connectivity index (χ0v) is 29.3. The summed E-state index contributed by atoms with van der Waals surface area (Å²) in [6.45, 7) is 5.51. The minimum absolute atomic E-state index is 0.891. The molecule has 0 aliphatic rings. The Morgan fingerprint density at radius 3 is 0.659 bits per heavy atom. The van der Waals surface area contributed by atoms with Crippen LogP contribution in [0, 0.1) is 5.92 Å². The van der Waals surface area contributed by atoms with Crippen molar-refractivity contribution in [3.63, 3.8) is 0 Å². The van der Waals surface area contributed by atoms with Crippen LogP contribution in [0.3, 0.4) is 0 Å². The van der Waals surface area contributed by atoms with Crippen molar-refractivity contribution in [1.29, 1.82) is 0 Å². The zero-order chi connectivity index (χ0) is 29.7. The van der Waals surface area contributed by atoms with Crippen LogP contribution in [0.5, 0.6) is 0 Å². The summed E-state index contributed by atoms with van der Waals surface area (Å²) in [5, 5.41) is 0. The van der Waals surface area contributed by atoms with Gasteiger partial charge in [-0.25, -0.2) is 0 Å². The van der Waals surface area contributed by atoms with Crippen molar-refractivity contribution in [2.24, 2.45) is 11.7 Å². The number of rotatable bonds is 37. The molecule has 0 aromatic rings.